The second kappa shape index (κ2) is 9.05. The molecular formula is C22H25ClN2O2. The van der Waals surface area contributed by atoms with Crippen LogP contribution in [-0.4, -0.2) is 29.8 Å². The molecule has 1 aliphatic rings. The smallest absolute Gasteiger partial charge is 0.225 e. The molecule has 0 bridgehead atoms. The van der Waals surface area contributed by atoms with Crippen LogP contribution >= 0.6 is 11.6 Å². The number of hydrogen-bond acceptors (Lipinski definition) is 2. The molecule has 0 aromatic heterocycles. The molecule has 5 heteroatoms. The monoisotopic (exact) mass is 384 g/mol. The van der Waals surface area contributed by atoms with E-state index in [9.17, 15) is 9.59 Å². The highest BCUT2D eigenvalue weighted by Gasteiger charge is 2.29. The first-order valence-corrected chi connectivity index (χ1v) is 9.74. The van der Waals surface area contributed by atoms with E-state index in [-0.39, 0.29) is 17.7 Å². The molecule has 1 fully saturated rings. The van der Waals surface area contributed by atoms with E-state index in [4.69, 9.17) is 11.6 Å². The summed E-state index contributed by atoms with van der Waals surface area (Å²) in [5.41, 5.74) is 3.42. The lowest BCUT2D eigenvalue weighted by molar-refractivity contribution is -0.138. The van der Waals surface area contributed by atoms with Crippen molar-refractivity contribution in [3.05, 3.63) is 70.2 Å². The molecule has 0 saturated carbocycles. The molecule has 0 unspecified atom stereocenters. The number of amides is 2. The van der Waals surface area contributed by atoms with E-state index in [1.165, 1.54) is 5.56 Å². The molecule has 1 aliphatic heterocycles. The largest absolute Gasteiger partial charge is 0.352 e. The third kappa shape index (κ3) is 5.57. The molecule has 142 valence electrons. The van der Waals surface area contributed by atoms with Crippen molar-refractivity contribution in [2.75, 3.05) is 13.1 Å². The molecular weight excluding hydrogens is 360 g/mol. The first kappa shape index (κ1) is 19.4. The number of benzene rings is 2. The molecule has 1 N–H and O–H groups in total. The van der Waals surface area contributed by atoms with Gasteiger partial charge in [0.25, 0.3) is 0 Å². The summed E-state index contributed by atoms with van der Waals surface area (Å²) in [6.07, 6.45) is 1.82. The van der Waals surface area contributed by atoms with Crippen LogP contribution in [0, 0.1) is 12.8 Å². The van der Waals surface area contributed by atoms with Crippen LogP contribution in [0.2, 0.25) is 5.02 Å². The molecule has 0 radical (unpaired) electrons. The van der Waals surface area contributed by atoms with Crippen LogP contribution < -0.4 is 5.32 Å². The second-order valence-electron chi connectivity index (χ2n) is 7.16. The Kier molecular flexibility index (Phi) is 6.51. The number of nitrogens with zero attached hydrogens (tertiary/aromatic N) is 1. The Morgan fingerprint density at radius 2 is 1.78 bits per heavy atom. The molecule has 3 rings (SSSR count). The first-order chi connectivity index (χ1) is 13.0. The van der Waals surface area contributed by atoms with E-state index in [1.807, 2.05) is 60.4 Å². The number of nitrogens with one attached hydrogen (secondary N) is 1. The van der Waals surface area contributed by atoms with E-state index in [0.717, 1.165) is 17.5 Å². The van der Waals surface area contributed by atoms with Crippen LogP contribution in [0.5, 0.6) is 0 Å². The quantitative estimate of drug-likeness (QED) is 0.824. The van der Waals surface area contributed by atoms with Crippen molar-refractivity contribution in [2.24, 2.45) is 5.92 Å². The minimum absolute atomic E-state index is 0.0274. The fourth-order valence-corrected chi connectivity index (χ4v) is 3.43. The predicted octanol–water partition coefficient (Wildman–Crippen LogP) is 3.75. The van der Waals surface area contributed by atoms with Crippen LogP contribution in [0.1, 0.15) is 29.5 Å². The fraction of sp³-hybridized carbons (Fsp3) is 0.364. The summed E-state index contributed by atoms with van der Waals surface area (Å²) in [6, 6.07) is 15.8. The minimum atomic E-state index is -0.140. The van der Waals surface area contributed by atoms with Gasteiger partial charge in [0.2, 0.25) is 11.8 Å². The zero-order valence-corrected chi connectivity index (χ0v) is 16.3. The second-order valence-corrected chi connectivity index (χ2v) is 7.59. The van der Waals surface area contributed by atoms with Gasteiger partial charge in [-0.1, -0.05) is 53.6 Å². The van der Waals surface area contributed by atoms with Gasteiger partial charge in [-0.3, -0.25) is 9.59 Å². The average molecular weight is 385 g/mol. The Labute approximate surface area is 165 Å². The third-order valence-corrected chi connectivity index (χ3v) is 5.29. The summed E-state index contributed by atoms with van der Waals surface area (Å²) in [5, 5.41) is 3.72. The highest BCUT2D eigenvalue weighted by atomic mass is 35.5. The number of piperidine rings is 1. The van der Waals surface area contributed by atoms with Crippen LogP contribution in [0.25, 0.3) is 0 Å². The maximum absolute atomic E-state index is 12.5. The molecule has 0 aliphatic carbocycles. The maximum atomic E-state index is 12.5. The number of aryl methyl sites for hydroxylation is 1. The van der Waals surface area contributed by atoms with Crippen molar-refractivity contribution in [1.29, 1.82) is 0 Å². The molecule has 4 nitrogen and oxygen atoms in total. The van der Waals surface area contributed by atoms with Gasteiger partial charge in [0.15, 0.2) is 0 Å². The van der Waals surface area contributed by atoms with Gasteiger partial charge in [-0.2, -0.15) is 0 Å². The first-order valence-electron chi connectivity index (χ1n) is 9.37. The standard InChI is InChI=1S/C22H25ClN2O2/c1-16-2-4-18(5-3-16)14-24-22(27)19-8-11-21(26)25(15-19)13-12-17-6-9-20(23)10-7-17/h2-7,9-10,19H,8,11-15H2,1H3,(H,24,27)/t19-/m0/s1. The van der Waals surface area contributed by atoms with Crippen LogP contribution in [0.3, 0.4) is 0 Å². The topological polar surface area (TPSA) is 49.4 Å². The predicted molar refractivity (Wildman–Crippen MR) is 107 cm³/mol. The molecule has 0 spiro atoms. The van der Waals surface area contributed by atoms with Gasteiger partial charge in [0, 0.05) is 31.1 Å². The summed E-state index contributed by atoms with van der Waals surface area (Å²) in [4.78, 5) is 26.6. The van der Waals surface area contributed by atoms with Crippen LogP contribution in [0.15, 0.2) is 48.5 Å². The third-order valence-electron chi connectivity index (χ3n) is 5.04. The van der Waals surface area contributed by atoms with E-state index in [2.05, 4.69) is 5.32 Å². The van der Waals surface area contributed by atoms with E-state index >= 15 is 0 Å². The molecule has 2 amide bonds. The van der Waals surface area contributed by atoms with E-state index < -0.39 is 0 Å². The lowest BCUT2D eigenvalue weighted by Crippen LogP contribution is -2.46. The van der Waals surface area contributed by atoms with Crippen molar-refractivity contribution in [1.82, 2.24) is 10.2 Å². The molecule has 1 saturated heterocycles. The maximum Gasteiger partial charge on any atom is 0.225 e. The van der Waals surface area contributed by atoms with Gasteiger partial charge < -0.3 is 10.2 Å². The molecule has 2 aromatic carbocycles. The number of likely N-dealkylation sites (tertiary alicyclic amines) is 1. The summed E-state index contributed by atoms with van der Waals surface area (Å²) >= 11 is 5.91. The molecule has 1 atom stereocenters. The zero-order chi connectivity index (χ0) is 19.2. The van der Waals surface area contributed by atoms with Gasteiger partial charge in [-0.05, 0) is 43.0 Å². The zero-order valence-electron chi connectivity index (χ0n) is 15.6. The van der Waals surface area contributed by atoms with E-state index in [0.29, 0.717) is 37.5 Å². The lowest BCUT2D eigenvalue weighted by Gasteiger charge is -2.32. The number of hydrogen-bond donors (Lipinski definition) is 1. The number of carbonyl (C=O) groups is 2. The molecule has 2 aromatic rings. The summed E-state index contributed by atoms with van der Waals surface area (Å²) in [7, 11) is 0. The van der Waals surface area contributed by atoms with Gasteiger partial charge in [0.05, 0.1) is 5.92 Å². The highest BCUT2D eigenvalue weighted by Crippen LogP contribution is 2.19. The highest BCUT2D eigenvalue weighted by molar-refractivity contribution is 6.30. The molecule has 1 heterocycles. The Balaban J connectivity index is 1.50. The Morgan fingerprint density at radius 3 is 2.48 bits per heavy atom. The lowest BCUT2D eigenvalue weighted by atomic mass is 9.96. The van der Waals surface area contributed by atoms with Gasteiger partial charge in [-0.25, -0.2) is 0 Å². The number of rotatable bonds is 6. The van der Waals surface area contributed by atoms with Crippen molar-refractivity contribution in [2.45, 2.75) is 32.7 Å². The van der Waals surface area contributed by atoms with Crippen molar-refractivity contribution in [3.63, 3.8) is 0 Å². The summed E-state index contributed by atoms with van der Waals surface area (Å²) in [5.74, 6) is 0.0180. The number of carbonyl (C=O) groups excluding carboxylic acids is 2. The molecule has 27 heavy (non-hydrogen) atoms. The average Bonchev–Trinajstić information content (AvgIpc) is 2.68. The van der Waals surface area contributed by atoms with E-state index in [1.54, 1.807) is 0 Å². The summed E-state index contributed by atoms with van der Waals surface area (Å²) in [6.45, 7) is 3.68. The SMILES string of the molecule is Cc1ccc(CNC(=O)[C@H]2CCC(=O)N(CCc3ccc(Cl)cc3)C2)cc1. The Hall–Kier alpha value is -2.33. The summed E-state index contributed by atoms with van der Waals surface area (Å²) < 4.78 is 0. The minimum Gasteiger partial charge on any atom is -0.352 e. The van der Waals surface area contributed by atoms with Gasteiger partial charge >= 0.3 is 0 Å². The Bertz CT molecular complexity index is 787. The van der Waals surface area contributed by atoms with Crippen molar-refractivity contribution in [3.8, 4) is 0 Å². The van der Waals surface area contributed by atoms with Gasteiger partial charge in [-0.15, -0.1) is 0 Å². The number of halogens is 1. The van der Waals surface area contributed by atoms with Crippen LogP contribution in [0.4, 0.5) is 0 Å². The van der Waals surface area contributed by atoms with Crippen molar-refractivity contribution < 1.29 is 9.59 Å². The van der Waals surface area contributed by atoms with Crippen LogP contribution in [-0.2, 0) is 22.6 Å². The normalized spacial score (nSPS) is 17.0. The van der Waals surface area contributed by atoms with Gasteiger partial charge in [0.1, 0.15) is 0 Å². The Morgan fingerprint density at radius 1 is 1.11 bits per heavy atom. The fourth-order valence-electron chi connectivity index (χ4n) is 3.30. The van der Waals surface area contributed by atoms with Crippen molar-refractivity contribution >= 4 is 23.4 Å².